The number of carbonyl (C=O) groups is 1. The van der Waals surface area contributed by atoms with Crippen molar-refractivity contribution < 1.29 is 4.79 Å². The molecule has 0 aliphatic heterocycles. The summed E-state index contributed by atoms with van der Waals surface area (Å²) in [6.07, 6.45) is 4.43. The van der Waals surface area contributed by atoms with Crippen molar-refractivity contribution in [3.63, 3.8) is 0 Å². The molecule has 3 rings (SSSR count). The third-order valence-electron chi connectivity index (χ3n) is 3.77. The Hall–Kier alpha value is -2.36. The summed E-state index contributed by atoms with van der Waals surface area (Å²) >= 11 is 0. The van der Waals surface area contributed by atoms with Gasteiger partial charge in [-0.3, -0.25) is 4.79 Å². The molecule has 1 aliphatic rings. The first-order valence-electron chi connectivity index (χ1n) is 6.82. The number of nitrogens with one attached hydrogen (secondary N) is 1. The van der Waals surface area contributed by atoms with E-state index in [0.29, 0.717) is 5.56 Å². The molecule has 1 aliphatic carbocycles. The smallest absolute Gasteiger partial charge is 0.255 e. The molecule has 20 heavy (non-hydrogen) atoms. The number of nitrogens with zero attached hydrogens (tertiary/aromatic N) is 1. The molecule has 1 heterocycles. The zero-order chi connectivity index (χ0) is 13.9. The molecule has 1 amide bonds. The van der Waals surface area contributed by atoms with Crippen molar-refractivity contribution in [1.82, 2.24) is 10.3 Å². The fraction of sp³-hybridized carbons (Fsp3) is 0.250. The summed E-state index contributed by atoms with van der Waals surface area (Å²) in [5, 5.41) is 3.06. The Morgan fingerprint density at radius 1 is 1.20 bits per heavy atom. The molecule has 0 fully saturated rings. The molecule has 4 heteroatoms. The summed E-state index contributed by atoms with van der Waals surface area (Å²) in [6.45, 7) is 0. The SMILES string of the molecule is Nc1ncccc1C(=O)N[C@@H]1CCc2ccccc2C1. The maximum Gasteiger partial charge on any atom is 0.255 e. The van der Waals surface area contributed by atoms with Gasteiger partial charge < -0.3 is 11.1 Å². The van der Waals surface area contributed by atoms with E-state index >= 15 is 0 Å². The standard InChI is InChI=1S/C16H17N3O/c17-15-14(6-3-9-18-15)16(20)19-13-8-7-11-4-1-2-5-12(11)10-13/h1-6,9,13H,7-8,10H2,(H2,17,18)(H,19,20)/t13-/m1/s1. The van der Waals surface area contributed by atoms with Gasteiger partial charge in [0.05, 0.1) is 5.56 Å². The van der Waals surface area contributed by atoms with Crippen LogP contribution in [0, 0.1) is 0 Å². The number of fused-ring (bicyclic) bond motifs is 1. The fourth-order valence-electron chi connectivity index (χ4n) is 2.69. The summed E-state index contributed by atoms with van der Waals surface area (Å²) in [4.78, 5) is 16.2. The van der Waals surface area contributed by atoms with Crippen LogP contribution in [0.15, 0.2) is 42.6 Å². The van der Waals surface area contributed by atoms with Crippen LogP contribution in [-0.4, -0.2) is 16.9 Å². The molecule has 3 N–H and O–H groups in total. The topological polar surface area (TPSA) is 68.0 Å². The van der Waals surface area contributed by atoms with Gasteiger partial charge in [0.2, 0.25) is 0 Å². The highest BCUT2D eigenvalue weighted by molar-refractivity contribution is 5.98. The van der Waals surface area contributed by atoms with Crippen LogP contribution in [-0.2, 0) is 12.8 Å². The number of hydrogen-bond acceptors (Lipinski definition) is 3. The lowest BCUT2D eigenvalue weighted by Crippen LogP contribution is -2.39. The highest BCUT2D eigenvalue weighted by Gasteiger charge is 2.21. The van der Waals surface area contributed by atoms with E-state index in [1.54, 1.807) is 18.3 Å². The maximum absolute atomic E-state index is 12.2. The lowest BCUT2D eigenvalue weighted by molar-refractivity contribution is 0.0934. The lowest BCUT2D eigenvalue weighted by atomic mass is 9.88. The van der Waals surface area contributed by atoms with E-state index in [2.05, 4.69) is 28.5 Å². The number of rotatable bonds is 2. The number of anilines is 1. The molecule has 2 aromatic rings. The van der Waals surface area contributed by atoms with Gasteiger partial charge in [-0.15, -0.1) is 0 Å². The van der Waals surface area contributed by atoms with Crippen LogP contribution in [0.4, 0.5) is 5.82 Å². The minimum Gasteiger partial charge on any atom is -0.383 e. The zero-order valence-corrected chi connectivity index (χ0v) is 11.2. The second-order valence-electron chi connectivity index (χ2n) is 5.12. The molecule has 0 spiro atoms. The van der Waals surface area contributed by atoms with Crippen molar-refractivity contribution in [3.05, 3.63) is 59.3 Å². The molecular weight excluding hydrogens is 250 g/mol. The lowest BCUT2D eigenvalue weighted by Gasteiger charge is -2.25. The zero-order valence-electron chi connectivity index (χ0n) is 11.2. The number of pyridine rings is 1. The Morgan fingerprint density at radius 3 is 2.80 bits per heavy atom. The molecule has 0 saturated carbocycles. The minimum atomic E-state index is -0.139. The van der Waals surface area contributed by atoms with Crippen molar-refractivity contribution in [2.45, 2.75) is 25.3 Å². The molecule has 0 saturated heterocycles. The number of benzene rings is 1. The number of nitrogens with two attached hydrogens (primary N) is 1. The second-order valence-corrected chi connectivity index (χ2v) is 5.12. The van der Waals surface area contributed by atoms with Gasteiger partial charge in [0, 0.05) is 12.2 Å². The quantitative estimate of drug-likeness (QED) is 0.874. The van der Waals surface area contributed by atoms with E-state index in [4.69, 9.17) is 5.73 Å². The normalized spacial score (nSPS) is 17.3. The van der Waals surface area contributed by atoms with Crippen LogP contribution >= 0.6 is 0 Å². The first-order valence-corrected chi connectivity index (χ1v) is 6.82. The Morgan fingerprint density at radius 2 is 2.00 bits per heavy atom. The van der Waals surface area contributed by atoms with E-state index in [-0.39, 0.29) is 17.8 Å². The van der Waals surface area contributed by atoms with Crippen LogP contribution in [0.5, 0.6) is 0 Å². The van der Waals surface area contributed by atoms with Gasteiger partial charge in [0.15, 0.2) is 0 Å². The maximum atomic E-state index is 12.2. The monoisotopic (exact) mass is 267 g/mol. The highest BCUT2D eigenvalue weighted by atomic mass is 16.1. The highest BCUT2D eigenvalue weighted by Crippen LogP contribution is 2.21. The Labute approximate surface area is 118 Å². The predicted molar refractivity (Wildman–Crippen MR) is 78.4 cm³/mol. The van der Waals surface area contributed by atoms with Gasteiger partial charge in [-0.25, -0.2) is 4.98 Å². The average Bonchev–Trinajstić information content (AvgIpc) is 2.47. The Bertz CT molecular complexity index is 639. The summed E-state index contributed by atoms with van der Waals surface area (Å²) < 4.78 is 0. The first-order chi connectivity index (χ1) is 9.74. The molecule has 102 valence electrons. The van der Waals surface area contributed by atoms with Crippen molar-refractivity contribution in [1.29, 1.82) is 0 Å². The van der Waals surface area contributed by atoms with Crippen LogP contribution in [0.2, 0.25) is 0 Å². The molecule has 0 radical (unpaired) electrons. The van der Waals surface area contributed by atoms with Crippen molar-refractivity contribution in [3.8, 4) is 0 Å². The van der Waals surface area contributed by atoms with Gasteiger partial charge >= 0.3 is 0 Å². The molecule has 0 unspecified atom stereocenters. The summed E-state index contributed by atoms with van der Waals surface area (Å²) in [5.74, 6) is 0.140. The molecule has 0 bridgehead atoms. The number of nitrogen functional groups attached to an aromatic ring is 1. The Balaban J connectivity index is 1.71. The summed E-state index contributed by atoms with van der Waals surface area (Å²) in [7, 11) is 0. The number of hydrogen-bond donors (Lipinski definition) is 2. The van der Waals surface area contributed by atoms with Crippen molar-refractivity contribution in [2.75, 3.05) is 5.73 Å². The largest absolute Gasteiger partial charge is 0.383 e. The number of amides is 1. The van der Waals surface area contributed by atoms with Crippen LogP contribution < -0.4 is 11.1 Å². The number of carbonyl (C=O) groups excluding carboxylic acids is 1. The molecule has 1 aromatic carbocycles. The summed E-state index contributed by atoms with van der Waals surface area (Å²) in [5.41, 5.74) is 8.89. The molecule has 1 aromatic heterocycles. The van der Waals surface area contributed by atoms with Gasteiger partial charge in [0.1, 0.15) is 5.82 Å². The Kier molecular flexibility index (Phi) is 3.37. The fourth-order valence-corrected chi connectivity index (χ4v) is 2.69. The molecular formula is C16H17N3O. The van der Waals surface area contributed by atoms with E-state index in [1.165, 1.54) is 11.1 Å². The third-order valence-corrected chi connectivity index (χ3v) is 3.77. The van der Waals surface area contributed by atoms with E-state index in [9.17, 15) is 4.79 Å². The molecule has 4 nitrogen and oxygen atoms in total. The predicted octanol–water partition coefficient (Wildman–Crippen LogP) is 1.95. The van der Waals surface area contributed by atoms with Crippen molar-refractivity contribution >= 4 is 11.7 Å². The minimum absolute atomic E-state index is 0.139. The van der Waals surface area contributed by atoms with Gasteiger partial charge in [-0.1, -0.05) is 24.3 Å². The number of aryl methyl sites for hydroxylation is 1. The van der Waals surface area contributed by atoms with E-state index in [1.807, 2.05) is 6.07 Å². The van der Waals surface area contributed by atoms with Gasteiger partial charge in [0.25, 0.3) is 5.91 Å². The van der Waals surface area contributed by atoms with Crippen molar-refractivity contribution in [2.24, 2.45) is 0 Å². The third kappa shape index (κ3) is 2.50. The first kappa shape index (κ1) is 12.7. The number of aromatic nitrogens is 1. The second kappa shape index (κ2) is 5.33. The van der Waals surface area contributed by atoms with Gasteiger partial charge in [-0.05, 0) is 42.5 Å². The van der Waals surface area contributed by atoms with Crippen LogP contribution in [0.1, 0.15) is 27.9 Å². The van der Waals surface area contributed by atoms with E-state index < -0.39 is 0 Å². The van der Waals surface area contributed by atoms with Crippen LogP contribution in [0.25, 0.3) is 0 Å². The summed E-state index contributed by atoms with van der Waals surface area (Å²) in [6, 6.07) is 12.0. The van der Waals surface area contributed by atoms with Gasteiger partial charge in [-0.2, -0.15) is 0 Å². The average molecular weight is 267 g/mol. The van der Waals surface area contributed by atoms with Crippen LogP contribution in [0.3, 0.4) is 0 Å². The van der Waals surface area contributed by atoms with E-state index in [0.717, 1.165) is 19.3 Å². The molecule has 1 atom stereocenters.